The zero-order chi connectivity index (χ0) is 26.0. The molecule has 0 N–H and O–H groups in total. The average Bonchev–Trinajstić information content (AvgIpc) is 3.18. The zero-order valence-electron chi connectivity index (χ0n) is 22.4. The van der Waals surface area contributed by atoms with Crippen molar-refractivity contribution in [1.82, 2.24) is 14.1 Å². The Labute approximate surface area is 222 Å². The molecule has 1 aromatic carbocycles. The summed E-state index contributed by atoms with van der Waals surface area (Å²) in [5.74, 6) is 0.215. The summed E-state index contributed by atoms with van der Waals surface area (Å²) in [6, 6.07) is 9.46. The molecule has 9 heteroatoms. The van der Waals surface area contributed by atoms with Gasteiger partial charge in [-0.1, -0.05) is 31.2 Å². The van der Waals surface area contributed by atoms with Gasteiger partial charge in [0.25, 0.3) is 0 Å². The number of benzene rings is 1. The van der Waals surface area contributed by atoms with Crippen LogP contribution >= 0.6 is 0 Å². The number of ether oxygens (including phenoxy) is 2. The molecule has 0 aromatic heterocycles. The second kappa shape index (κ2) is 11.2. The van der Waals surface area contributed by atoms with E-state index in [4.69, 9.17) is 9.47 Å². The van der Waals surface area contributed by atoms with E-state index in [0.717, 1.165) is 63.6 Å². The molecule has 1 spiro atoms. The van der Waals surface area contributed by atoms with Crippen molar-refractivity contribution < 1.29 is 22.7 Å². The second-order valence-corrected chi connectivity index (χ2v) is 13.5. The minimum atomic E-state index is -3.26. The first-order chi connectivity index (χ1) is 17.9. The van der Waals surface area contributed by atoms with E-state index in [1.807, 2.05) is 17.9 Å². The molecule has 0 radical (unpaired) electrons. The SMILES string of the molecule is CCCS(=O)(=O)N1Cc2ccccc2C2(CCN(C3CCC4CCC(C3)N4C(=O)OCCOC)CC2)C1. The number of carbonyl (C=O) groups excluding carboxylic acids is 1. The summed E-state index contributed by atoms with van der Waals surface area (Å²) in [6.45, 7) is 5.68. The van der Waals surface area contributed by atoms with Gasteiger partial charge >= 0.3 is 6.09 Å². The molecule has 1 amide bonds. The Kier molecular flexibility index (Phi) is 8.15. The van der Waals surface area contributed by atoms with Crippen molar-refractivity contribution in [3.8, 4) is 0 Å². The zero-order valence-corrected chi connectivity index (χ0v) is 23.3. The van der Waals surface area contributed by atoms with E-state index >= 15 is 0 Å². The van der Waals surface area contributed by atoms with E-state index in [1.54, 1.807) is 11.4 Å². The summed E-state index contributed by atoms with van der Waals surface area (Å²) in [5, 5.41) is 0. The van der Waals surface area contributed by atoms with Crippen molar-refractivity contribution in [3.05, 3.63) is 35.4 Å². The van der Waals surface area contributed by atoms with Gasteiger partial charge in [0.15, 0.2) is 0 Å². The number of hydrogen-bond acceptors (Lipinski definition) is 6. The topological polar surface area (TPSA) is 79.4 Å². The normalized spacial score (nSPS) is 28.2. The molecule has 2 bridgehead atoms. The first-order valence-electron chi connectivity index (χ1n) is 14.1. The van der Waals surface area contributed by atoms with E-state index < -0.39 is 10.0 Å². The molecule has 4 heterocycles. The number of likely N-dealkylation sites (tertiary alicyclic amines) is 1. The molecule has 4 aliphatic heterocycles. The van der Waals surface area contributed by atoms with Crippen LogP contribution in [0.25, 0.3) is 0 Å². The molecular weight excluding hydrogens is 490 g/mol. The van der Waals surface area contributed by atoms with Crippen LogP contribution in [0.3, 0.4) is 0 Å². The lowest BCUT2D eigenvalue weighted by Gasteiger charge is -2.49. The van der Waals surface area contributed by atoms with Gasteiger partial charge in [0.05, 0.1) is 12.4 Å². The largest absolute Gasteiger partial charge is 0.447 e. The molecule has 0 saturated carbocycles. The summed E-state index contributed by atoms with van der Waals surface area (Å²) in [5.41, 5.74) is 2.39. The van der Waals surface area contributed by atoms with Crippen LogP contribution in [0.5, 0.6) is 0 Å². The van der Waals surface area contributed by atoms with Crippen molar-refractivity contribution >= 4 is 16.1 Å². The minimum absolute atomic E-state index is 0.118. The Morgan fingerprint density at radius 3 is 2.46 bits per heavy atom. The van der Waals surface area contributed by atoms with Gasteiger partial charge in [0.1, 0.15) is 6.61 Å². The molecular formula is C28H43N3O5S. The molecule has 4 aliphatic rings. The number of carbonyl (C=O) groups is 1. The van der Waals surface area contributed by atoms with Crippen molar-refractivity contribution in [2.24, 2.45) is 0 Å². The van der Waals surface area contributed by atoms with Crippen molar-refractivity contribution in [3.63, 3.8) is 0 Å². The first kappa shape index (κ1) is 26.9. The summed E-state index contributed by atoms with van der Waals surface area (Å²) >= 11 is 0. The maximum atomic E-state index is 13.1. The summed E-state index contributed by atoms with van der Waals surface area (Å²) in [6.07, 6.45) is 7.63. The third-order valence-corrected chi connectivity index (χ3v) is 11.2. The van der Waals surface area contributed by atoms with Crippen LogP contribution in [0.2, 0.25) is 0 Å². The highest BCUT2D eigenvalue weighted by molar-refractivity contribution is 7.89. The molecule has 0 aliphatic carbocycles. The number of sulfonamides is 1. The van der Waals surface area contributed by atoms with Gasteiger partial charge in [0, 0.05) is 43.7 Å². The average molecular weight is 534 g/mol. The number of nitrogens with zero attached hydrogens (tertiary/aromatic N) is 3. The molecule has 1 aromatic rings. The molecule has 3 saturated heterocycles. The van der Waals surface area contributed by atoms with Gasteiger partial charge in [-0.25, -0.2) is 13.2 Å². The van der Waals surface area contributed by atoms with Crippen LogP contribution in [0, 0.1) is 0 Å². The van der Waals surface area contributed by atoms with E-state index in [9.17, 15) is 13.2 Å². The summed E-state index contributed by atoms with van der Waals surface area (Å²) in [4.78, 5) is 17.5. The highest BCUT2D eigenvalue weighted by Gasteiger charge is 2.47. The first-order valence-corrected chi connectivity index (χ1v) is 15.7. The second-order valence-electron chi connectivity index (χ2n) is 11.4. The number of methoxy groups -OCH3 is 1. The highest BCUT2D eigenvalue weighted by Crippen LogP contribution is 2.44. The predicted octanol–water partition coefficient (Wildman–Crippen LogP) is 3.74. The number of fused-ring (bicyclic) bond motifs is 4. The lowest BCUT2D eigenvalue weighted by molar-refractivity contribution is 0.0563. The molecule has 3 unspecified atom stereocenters. The van der Waals surface area contributed by atoms with Gasteiger partial charge in [-0.2, -0.15) is 4.31 Å². The van der Waals surface area contributed by atoms with Gasteiger partial charge in [-0.15, -0.1) is 0 Å². The van der Waals surface area contributed by atoms with E-state index in [0.29, 0.717) is 38.8 Å². The third-order valence-electron chi connectivity index (χ3n) is 9.26. The Bertz CT molecular complexity index is 1060. The highest BCUT2D eigenvalue weighted by atomic mass is 32.2. The Balaban J connectivity index is 1.27. The minimum Gasteiger partial charge on any atom is -0.447 e. The summed E-state index contributed by atoms with van der Waals surface area (Å²) in [7, 11) is -1.64. The van der Waals surface area contributed by atoms with Crippen molar-refractivity contribution in [2.45, 2.75) is 88.4 Å². The van der Waals surface area contributed by atoms with E-state index in [-0.39, 0.29) is 29.3 Å². The molecule has 8 nitrogen and oxygen atoms in total. The monoisotopic (exact) mass is 533 g/mol. The molecule has 206 valence electrons. The van der Waals surface area contributed by atoms with Gasteiger partial charge < -0.3 is 19.3 Å². The Hall–Kier alpha value is -1.68. The van der Waals surface area contributed by atoms with Crippen LogP contribution in [0.1, 0.15) is 69.4 Å². The smallest absolute Gasteiger partial charge is 0.410 e. The molecule has 37 heavy (non-hydrogen) atoms. The number of amides is 1. The maximum Gasteiger partial charge on any atom is 0.410 e. The number of hydrogen-bond donors (Lipinski definition) is 0. The standard InChI is InChI=1S/C28H43N3O5S/c1-3-18-37(33,34)30-20-22-6-4-5-7-26(22)28(21-30)12-14-29(15-13-28)24-10-8-23-9-11-25(19-24)31(23)27(32)36-17-16-35-2/h4-7,23-25H,3,8-21H2,1-2H3. The number of rotatable bonds is 7. The van der Waals surface area contributed by atoms with Gasteiger partial charge in [0.2, 0.25) is 10.0 Å². The Morgan fingerprint density at radius 1 is 1.03 bits per heavy atom. The number of piperidine rings is 1. The lowest BCUT2D eigenvalue weighted by Crippen LogP contribution is -2.55. The fourth-order valence-electron chi connectivity index (χ4n) is 7.38. The maximum absolute atomic E-state index is 13.1. The van der Waals surface area contributed by atoms with E-state index in [1.165, 1.54) is 5.56 Å². The van der Waals surface area contributed by atoms with Crippen LogP contribution in [-0.4, -0.2) is 92.5 Å². The van der Waals surface area contributed by atoms with Gasteiger partial charge in [-0.05, 0) is 75.6 Å². The predicted molar refractivity (Wildman–Crippen MR) is 143 cm³/mol. The molecule has 5 rings (SSSR count). The molecule has 3 fully saturated rings. The van der Waals surface area contributed by atoms with E-state index in [2.05, 4.69) is 23.1 Å². The fraction of sp³-hybridized carbons (Fsp3) is 0.750. The fourth-order valence-corrected chi connectivity index (χ4v) is 8.94. The molecule has 3 atom stereocenters. The quantitative estimate of drug-likeness (QED) is 0.497. The lowest BCUT2D eigenvalue weighted by atomic mass is 9.69. The Morgan fingerprint density at radius 2 is 1.73 bits per heavy atom. The van der Waals surface area contributed by atoms with Crippen molar-refractivity contribution in [2.75, 3.05) is 45.7 Å². The summed E-state index contributed by atoms with van der Waals surface area (Å²) < 4.78 is 38.4. The van der Waals surface area contributed by atoms with Crippen LogP contribution in [-0.2, 0) is 31.5 Å². The third kappa shape index (κ3) is 5.42. The van der Waals surface area contributed by atoms with Crippen LogP contribution < -0.4 is 0 Å². The van der Waals surface area contributed by atoms with Crippen LogP contribution in [0.15, 0.2) is 24.3 Å². The van der Waals surface area contributed by atoms with Crippen molar-refractivity contribution in [1.29, 1.82) is 0 Å². The van der Waals surface area contributed by atoms with Gasteiger partial charge in [-0.3, -0.25) is 0 Å². The van der Waals surface area contributed by atoms with Crippen LogP contribution in [0.4, 0.5) is 4.79 Å².